The highest BCUT2D eigenvalue weighted by Crippen LogP contribution is 2.26. The SMILES string of the molecule is NNc1cncc(NCCC2CCCCC2)n1. The second-order valence-electron chi connectivity index (χ2n) is 4.65. The molecule has 5 nitrogen and oxygen atoms in total. The minimum Gasteiger partial charge on any atom is -0.369 e. The number of aromatic nitrogens is 2. The van der Waals surface area contributed by atoms with Gasteiger partial charge in [-0.25, -0.2) is 10.8 Å². The summed E-state index contributed by atoms with van der Waals surface area (Å²) in [4.78, 5) is 8.32. The Hall–Kier alpha value is -1.36. The van der Waals surface area contributed by atoms with Gasteiger partial charge >= 0.3 is 0 Å². The molecular weight excluding hydrogens is 214 g/mol. The molecule has 0 radical (unpaired) electrons. The Morgan fingerprint density at radius 1 is 1.18 bits per heavy atom. The van der Waals surface area contributed by atoms with E-state index in [9.17, 15) is 0 Å². The predicted molar refractivity (Wildman–Crippen MR) is 69.5 cm³/mol. The molecule has 0 unspecified atom stereocenters. The molecule has 4 N–H and O–H groups in total. The Labute approximate surface area is 102 Å². The number of nitrogens with two attached hydrogens (primary N) is 1. The number of rotatable bonds is 5. The molecule has 1 aliphatic carbocycles. The van der Waals surface area contributed by atoms with Crippen molar-refractivity contribution < 1.29 is 0 Å². The number of nitrogen functional groups attached to an aromatic ring is 1. The van der Waals surface area contributed by atoms with E-state index in [1.165, 1.54) is 38.5 Å². The van der Waals surface area contributed by atoms with Crippen LogP contribution in [0.25, 0.3) is 0 Å². The fourth-order valence-electron chi connectivity index (χ4n) is 2.40. The fraction of sp³-hybridized carbons (Fsp3) is 0.667. The average Bonchev–Trinajstić information content (AvgIpc) is 2.40. The van der Waals surface area contributed by atoms with Crippen LogP contribution in [-0.4, -0.2) is 16.5 Å². The van der Waals surface area contributed by atoms with Crippen molar-refractivity contribution in [1.82, 2.24) is 9.97 Å². The van der Waals surface area contributed by atoms with Gasteiger partial charge in [0, 0.05) is 6.54 Å². The van der Waals surface area contributed by atoms with Crippen molar-refractivity contribution in [2.75, 3.05) is 17.3 Å². The van der Waals surface area contributed by atoms with Crippen LogP contribution < -0.4 is 16.6 Å². The van der Waals surface area contributed by atoms with Crippen LogP contribution in [0.1, 0.15) is 38.5 Å². The van der Waals surface area contributed by atoms with Crippen LogP contribution in [0, 0.1) is 5.92 Å². The maximum Gasteiger partial charge on any atom is 0.160 e. The van der Waals surface area contributed by atoms with Gasteiger partial charge in [0.2, 0.25) is 0 Å². The minimum absolute atomic E-state index is 0.590. The van der Waals surface area contributed by atoms with Gasteiger partial charge in [-0.1, -0.05) is 32.1 Å². The Kier molecular flexibility index (Phi) is 4.55. The summed E-state index contributed by atoms with van der Waals surface area (Å²) in [6.07, 6.45) is 11.5. The highest BCUT2D eigenvalue weighted by atomic mass is 15.3. The fourth-order valence-corrected chi connectivity index (χ4v) is 2.40. The zero-order valence-electron chi connectivity index (χ0n) is 10.2. The van der Waals surface area contributed by atoms with Crippen LogP contribution in [0.5, 0.6) is 0 Å². The predicted octanol–water partition coefficient (Wildman–Crippen LogP) is 2.14. The average molecular weight is 235 g/mol. The van der Waals surface area contributed by atoms with Gasteiger partial charge in [0.25, 0.3) is 0 Å². The van der Waals surface area contributed by atoms with E-state index >= 15 is 0 Å². The summed E-state index contributed by atoms with van der Waals surface area (Å²) in [5.41, 5.74) is 2.49. The molecule has 17 heavy (non-hydrogen) atoms. The largest absolute Gasteiger partial charge is 0.369 e. The molecule has 5 heteroatoms. The Morgan fingerprint density at radius 2 is 1.94 bits per heavy atom. The zero-order chi connectivity index (χ0) is 11.9. The molecule has 0 aliphatic heterocycles. The molecule has 1 aliphatic rings. The maximum absolute atomic E-state index is 5.28. The molecule has 1 fully saturated rings. The van der Waals surface area contributed by atoms with Gasteiger partial charge in [-0.3, -0.25) is 4.98 Å². The normalized spacial score (nSPS) is 16.8. The lowest BCUT2D eigenvalue weighted by molar-refractivity contribution is 0.345. The smallest absolute Gasteiger partial charge is 0.160 e. The van der Waals surface area contributed by atoms with E-state index < -0.39 is 0 Å². The molecule has 0 bridgehead atoms. The Balaban J connectivity index is 1.73. The summed E-state index contributed by atoms with van der Waals surface area (Å²) in [6.45, 7) is 0.966. The molecule has 0 saturated heterocycles. The highest BCUT2D eigenvalue weighted by molar-refractivity contribution is 5.40. The third-order valence-corrected chi connectivity index (χ3v) is 3.37. The van der Waals surface area contributed by atoms with Gasteiger partial charge in [-0.15, -0.1) is 0 Å². The van der Waals surface area contributed by atoms with Gasteiger partial charge < -0.3 is 10.7 Å². The topological polar surface area (TPSA) is 75.9 Å². The number of anilines is 2. The first kappa shape index (κ1) is 12.1. The van der Waals surface area contributed by atoms with Crippen molar-refractivity contribution in [3.63, 3.8) is 0 Å². The molecular formula is C12H21N5. The lowest BCUT2D eigenvalue weighted by Crippen LogP contribution is -2.14. The van der Waals surface area contributed by atoms with Crippen LogP contribution in [0.3, 0.4) is 0 Å². The van der Waals surface area contributed by atoms with E-state index in [2.05, 4.69) is 20.7 Å². The third kappa shape index (κ3) is 3.85. The molecule has 1 heterocycles. The van der Waals surface area contributed by atoms with E-state index in [4.69, 9.17) is 5.84 Å². The molecule has 1 aromatic heterocycles. The number of hydrogen-bond donors (Lipinski definition) is 3. The molecule has 0 spiro atoms. The number of hydrogen-bond acceptors (Lipinski definition) is 5. The van der Waals surface area contributed by atoms with E-state index in [1.807, 2.05) is 0 Å². The van der Waals surface area contributed by atoms with Crippen LogP contribution in [0.2, 0.25) is 0 Å². The third-order valence-electron chi connectivity index (χ3n) is 3.37. The van der Waals surface area contributed by atoms with Crippen molar-refractivity contribution in [1.29, 1.82) is 0 Å². The van der Waals surface area contributed by atoms with Crippen LogP contribution in [0.4, 0.5) is 11.6 Å². The second-order valence-corrected chi connectivity index (χ2v) is 4.65. The summed E-state index contributed by atoms with van der Waals surface area (Å²) in [6, 6.07) is 0. The minimum atomic E-state index is 0.590. The van der Waals surface area contributed by atoms with E-state index in [-0.39, 0.29) is 0 Å². The van der Waals surface area contributed by atoms with Crippen molar-refractivity contribution >= 4 is 11.6 Å². The Morgan fingerprint density at radius 3 is 2.71 bits per heavy atom. The number of nitrogens with zero attached hydrogens (tertiary/aromatic N) is 2. The van der Waals surface area contributed by atoms with E-state index in [0.717, 1.165) is 18.3 Å². The molecule has 0 amide bonds. The summed E-state index contributed by atoms with van der Waals surface area (Å²) >= 11 is 0. The van der Waals surface area contributed by atoms with Gasteiger partial charge in [0.15, 0.2) is 5.82 Å². The van der Waals surface area contributed by atoms with Gasteiger partial charge in [0.05, 0.1) is 12.4 Å². The summed E-state index contributed by atoms with van der Waals surface area (Å²) in [5.74, 6) is 7.55. The van der Waals surface area contributed by atoms with Gasteiger partial charge in [0.1, 0.15) is 5.82 Å². The summed E-state index contributed by atoms with van der Waals surface area (Å²) < 4.78 is 0. The van der Waals surface area contributed by atoms with Crippen LogP contribution >= 0.6 is 0 Å². The van der Waals surface area contributed by atoms with Crippen molar-refractivity contribution in [2.24, 2.45) is 11.8 Å². The second kappa shape index (κ2) is 6.39. The lowest BCUT2D eigenvalue weighted by atomic mass is 9.87. The molecule has 1 aromatic rings. The van der Waals surface area contributed by atoms with Crippen molar-refractivity contribution in [2.45, 2.75) is 38.5 Å². The summed E-state index contributed by atoms with van der Waals surface area (Å²) in [5, 5.41) is 3.30. The first-order chi connectivity index (χ1) is 8.38. The Bertz CT molecular complexity index is 335. The van der Waals surface area contributed by atoms with Gasteiger partial charge in [-0.05, 0) is 12.3 Å². The number of nitrogens with one attached hydrogen (secondary N) is 2. The van der Waals surface area contributed by atoms with E-state index in [0.29, 0.717) is 5.82 Å². The first-order valence-electron chi connectivity index (χ1n) is 6.41. The monoisotopic (exact) mass is 235 g/mol. The molecule has 1 saturated carbocycles. The lowest BCUT2D eigenvalue weighted by Gasteiger charge is -2.21. The van der Waals surface area contributed by atoms with Gasteiger partial charge in [-0.2, -0.15) is 0 Å². The van der Waals surface area contributed by atoms with E-state index in [1.54, 1.807) is 12.4 Å². The van der Waals surface area contributed by atoms with Crippen LogP contribution in [-0.2, 0) is 0 Å². The maximum atomic E-state index is 5.28. The quantitative estimate of drug-likeness (QED) is 0.538. The van der Waals surface area contributed by atoms with Crippen LogP contribution in [0.15, 0.2) is 12.4 Å². The first-order valence-corrected chi connectivity index (χ1v) is 6.41. The van der Waals surface area contributed by atoms with Crippen molar-refractivity contribution in [3.05, 3.63) is 12.4 Å². The van der Waals surface area contributed by atoms with Crippen molar-refractivity contribution in [3.8, 4) is 0 Å². The molecule has 2 rings (SSSR count). The highest BCUT2D eigenvalue weighted by Gasteiger charge is 2.12. The zero-order valence-corrected chi connectivity index (χ0v) is 10.2. The molecule has 94 valence electrons. The molecule has 0 aromatic carbocycles. The molecule has 0 atom stereocenters. The summed E-state index contributed by atoms with van der Waals surface area (Å²) in [7, 11) is 0. The number of hydrazine groups is 1. The standard InChI is InChI=1S/C12H21N5/c13-17-12-9-14-8-11(16-12)15-7-6-10-4-2-1-3-5-10/h8-10H,1-7,13H2,(H2,15,16,17).